The number of carbonyl (C=O) groups is 1. The topological polar surface area (TPSA) is 134 Å². The highest BCUT2D eigenvalue weighted by Gasteiger charge is 2.11. The normalized spacial score (nSPS) is 10.6. The van der Waals surface area contributed by atoms with Crippen LogP contribution >= 0.6 is 0 Å². The van der Waals surface area contributed by atoms with Gasteiger partial charge in [-0.05, 0) is 49.8 Å². The number of rotatable bonds is 12. The van der Waals surface area contributed by atoms with Gasteiger partial charge in [-0.3, -0.25) is 4.79 Å². The van der Waals surface area contributed by atoms with Crippen molar-refractivity contribution in [2.75, 3.05) is 24.7 Å². The summed E-state index contributed by atoms with van der Waals surface area (Å²) in [6.45, 7) is 3.01. The quantitative estimate of drug-likeness (QED) is 0.473. The molecule has 1 heterocycles. The van der Waals surface area contributed by atoms with E-state index in [1.165, 1.54) is 0 Å². The number of nitrogen functional groups attached to an aromatic ring is 2. The molecule has 5 N–H and O–H groups in total. The fourth-order valence-corrected chi connectivity index (χ4v) is 2.74. The van der Waals surface area contributed by atoms with Crippen molar-refractivity contribution in [1.82, 2.24) is 9.97 Å². The summed E-state index contributed by atoms with van der Waals surface area (Å²) in [5.41, 5.74) is 13.3. The van der Waals surface area contributed by atoms with Gasteiger partial charge in [0, 0.05) is 6.42 Å². The van der Waals surface area contributed by atoms with Crippen LogP contribution in [0.25, 0.3) is 0 Å². The molecule has 0 atom stereocenters. The average molecular weight is 388 g/mol. The molecule has 28 heavy (non-hydrogen) atoms. The van der Waals surface area contributed by atoms with E-state index >= 15 is 0 Å². The molecule has 0 saturated carbocycles. The molecular formula is C20H28N4O4. The Kier molecular flexibility index (Phi) is 8.33. The summed E-state index contributed by atoms with van der Waals surface area (Å²) in [6, 6.07) is 7.76. The van der Waals surface area contributed by atoms with Crippen molar-refractivity contribution in [3.05, 3.63) is 35.5 Å². The number of nitrogens with two attached hydrogens (primary N) is 2. The van der Waals surface area contributed by atoms with Crippen molar-refractivity contribution in [1.29, 1.82) is 0 Å². The second-order valence-corrected chi connectivity index (χ2v) is 6.40. The third kappa shape index (κ3) is 6.94. The zero-order chi connectivity index (χ0) is 20.4. The predicted molar refractivity (Wildman–Crippen MR) is 107 cm³/mol. The number of hydrogen-bond donors (Lipinski definition) is 3. The Morgan fingerprint density at radius 1 is 1.11 bits per heavy atom. The smallest absolute Gasteiger partial charge is 0.303 e. The first-order valence-corrected chi connectivity index (χ1v) is 9.47. The van der Waals surface area contributed by atoms with Gasteiger partial charge in [-0.25, -0.2) is 4.98 Å². The van der Waals surface area contributed by atoms with Crippen molar-refractivity contribution in [2.45, 2.75) is 45.4 Å². The Bertz CT molecular complexity index is 783. The van der Waals surface area contributed by atoms with E-state index in [0.717, 1.165) is 30.6 Å². The van der Waals surface area contributed by atoms with Crippen LogP contribution in [0.2, 0.25) is 0 Å². The molecule has 8 nitrogen and oxygen atoms in total. The van der Waals surface area contributed by atoms with Gasteiger partial charge in [-0.15, -0.1) is 0 Å². The lowest BCUT2D eigenvalue weighted by molar-refractivity contribution is -0.137. The van der Waals surface area contributed by atoms with Crippen LogP contribution in [-0.4, -0.2) is 34.3 Å². The van der Waals surface area contributed by atoms with Gasteiger partial charge in [0.05, 0.1) is 18.9 Å². The number of aryl methyl sites for hydroxylation is 2. The highest BCUT2D eigenvalue weighted by atomic mass is 16.5. The van der Waals surface area contributed by atoms with Crippen molar-refractivity contribution < 1.29 is 19.4 Å². The Hall–Kier alpha value is -3.03. The minimum Gasteiger partial charge on any atom is -0.494 e. The van der Waals surface area contributed by atoms with Crippen molar-refractivity contribution in [3.63, 3.8) is 0 Å². The van der Waals surface area contributed by atoms with E-state index in [-0.39, 0.29) is 18.2 Å². The SMILES string of the molecule is CCc1nc(N)nc(N)c1OCCCCOc1cccc(CCCC(=O)O)c1. The predicted octanol–water partition coefficient (Wildman–Crippen LogP) is 2.85. The summed E-state index contributed by atoms with van der Waals surface area (Å²) in [4.78, 5) is 18.7. The van der Waals surface area contributed by atoms with Gasteiger partial charge < -0.3 is 26.0 Å². The summed E-state index contributed by atoms with van der Waals surface area (Å²) in [6.07, 6.45) is 3.80. The second kappa shape index (κ2) is 11.0. The van der Waals surface area contributed by atoms with Gasteiger partial charge in [0.2, 0.25) is 5.95 Å². The number of unbranched alkanes of at least 4 members (excludes halogenated alkanes) is 1. The van der Waals surface area contributed by atoms with Crippen LogP contribution in [0.5, 0.6) is 11.5 Å². The van der Waals surface area contributed by atoms with Gasteiger partial charge in [0.25, 0.3) is 0 Å². The number of aromatic nitrogens is 2. The molecule has 0 aliphatic rings. The Labute approximate surface area is 164 Å². The standard InChI is InChI=1S/C20H28N4O4/c1-2-16-18(19(21)24-20(22)23-16)28-12-4-3-11-27-15-9-5-7-14(13-15)8-6-10-17(25)26/h5,7,9,13H,2-4,6,8,10-12H2,1H3,(H,25,26)(H4,21,22,23,24). The molecule has 1 aromatic carbocycles. The molecule has 0 aliphatic carbocycles. The van der Waals surface area contributed by atoms with E-state index in [1.54, 1.807) is 0 Å². The summed E-state index contributed by atoms with van der Waals surface area (Å²) in [5, 5.41) is 8.71. The third-order valence-corrected chi connectivity index (χ3v) is 4.12. The Balaban J connectivity index is 1.70. The molecule has 0 radical (unpaired) electrons. The lowest BCUT2D eigenvalue weighted by Crippen LogP contribution is -2.10. The molecule has 0 bridgehead atoms. The number of hydrogen-bond acceptors (Lipinski definition) is 7. The van der Waals surface area contributed by atoms with Crippen molar-refractivity contribution in [2.24, 2.45) is 0 Å². The zero-order valence-electron chi connectivity index (χ0n) is 16.2. The third-order valence-electron chi connectivity index (χ3n) is 4.12. The Morgan fingerprint density at radius 3 is 2.57 bits per heavy atom. The largest absolute Gasteiger partial charge is 0.494 e. The van der Waals surface area contributed by atoms with Crippen LogP contribution in [0.15, 0.2) is 24.3 Å². The molecule has 0 spiro atoms. The van der Waals surface area contributed by atoms with Gasteiger partial charge >= 0.3 is 5.97 Å². The van der Waals surface area contributed by atoms with E-state index in [4.69, 9.17) is 26.0 Å². The number of anilines is 2. The monoisotopic (exact) mass is 388 g/mol. The maximum atomic E-state index is 10.6. The van der Waals surface area contributed by atoms with Crippen molar-refractivity contribution >= 4 is 17.7 Å². The number of benzene rings is 1. The number of carboxylic acid groups (broad SMARTS) is 1. The lowest BCUT2D eigenvalue weighted by Gasteiger charge is -2.12. The fraction of sp³-hybridized carbons (Fsp3) is 0.450. The van der Waals surface area contributed by atoms with E-state index in [9.17, 15) is 4.79 Å². The summed E-state index contributed by atoms with van der Waals surface area (Å²) < 4.78 is 11.5. The Morgan fingerprint density at radius 2 is 1.86 bits per heavy atom. The van der Waals surface area contributed by atoms with E-state index in [0.29, 0.717) is 37.5 Å². The molecule has 0 unspecified atom stereocenters. The van der Waals surface area contributed by atoms with Crippen LogP contribution in [0.4, 0.5) is 11.8 Å². The minimum absolute atomic E-state index is 0.153. The van der Waals surface area contributed by atoms with Gasteiger partial charge in [0.15, 0.2) is 11.6 Å². The molecule has 1 aromatic heterocycles. The molecule has 152 valence electrons. The van der Waals surface area contributed by atoms with Gasteiger partial charge in [-0.2, -0.15) is 4.98 Å². The van der Waals surface area contributed by atoms with E-state index < -0.39 is 5.97 Å². The van der Waals surface area contributed by atoms with Crippen LogP contribution < -0.4 is 20.9 Å². The first-order chi connectivity index (χ1) is 13.5. The summed E-state index contributed by atoms with van der Waals surface area (Å²) >= 11 is 0. The molecule has 2 aromatic rings. The summed E-state index contributed by atoms with van der Waals surface area (Å²) in [7, 11) is 0. The molecule has 0 fully saturated rings. The first kappa shape index (κ1) is 21.3. The first-order valence-electron chi connectivity index (χ1n) is 9.47. The van der Waals surface area contributed by atoms with Crippen LogP contribution in [0.1, 0.15) is 43.9 Å². The summed E-state index contributed by atoms with van der Waals surface area (Å²) in [5.74, 6) is 0.943. The van der Waals surface area contributed by atoms with Crippen LogP contribution in [0.3, 0.4) is 0 Å². The maximum absolute atomic E-state index is 10.6. The molecule has 0 saturated heterocycles. The zero-order valence-corrected chi connectivity index (χ0v) is 16.2. The second-order valence-electron chi connectivity index (χ2n) is 6.40. The number of nitrogens with zero attached hydrogens (tertiary/aromatic N) is 2. The molecule has 0 aliphatic heterocycles. The van der Waals surface area contributed by atoms with E-state index in [2.05, 4.69) is 9.97 Å². The van der Waals surface area contributed by atoms with Gasteiger partial charge in [0.1, 0.15) is 5.75 Å². The highest BCUT2D eigenvalue weighted by Crippen LogP contribution is 2.24. The lowest BCUT2D eigenvalue weighted by atomic mass is 10.1. The molecule has 8 heteroatoms. The highest BCUT2D eigenvalue weighted by molar-refractivity contribution is 5.66. The number of ether oxygens (including phenoxy) is 2. The fourth-order valence-electron chi connectivity index (χ4n) is 2.74. The van der Waals surface area contributed by atoms with Gasteiger partial charge in [-0.1, -0.05) is 19.1 Å². The maximum Gasteiger partial charge on any atom is 0.303 e. The molecule has 2 rings (SSSR count). The average Bonchev–Trinajstić information content (AvgIpc) is 2.65. The van der Waals surface area contributed by atoms with Crippen LogP contribution in [-0.2, 0) is 17.6 Å². The van der Waals surface area contributed by atoms with Crippen molar-refractivity contribution in [3.8, 4) is 11.5 Å². The molecular weight excluding hydrogens is 360 g/mol. The van der Waals surface area contributed by atoms with Crippen LogP contribution in [0, 0.1) is 0 Å². The number of aliphatic carboxylic acids is 1. The van der Waals surface area contributed by atoms with E-state index in [1.807, 2.05) is 31.2 Å². The number of carboxylic acids is 1. The minimum atomic E-state index is -0.770. The molecule has 0 amide bonds.